The van der Waals surface area contributed by atoms with Crippen molar-refractivity contribution in [1.29, 1.82) is 0 Å². The summed E-state index contributed by atoms with van der Waals surface area (Å²) in [7, 11) is 0. The largest absolute Gasteiger partial charge is 0.481 e. The molecule has 0 aromatic rings. The van der Waals surface area contributed by atoms with E-state index in [-0.39, 0.29) is 12.2 Å². The van der Waals surface area contributed by atoms with Gasteiger partial charge in [-0.3, -0.25) is 4.79 Å². The van der Waals surface area contributed by atoms with Gasteiger partial charge in [0.1, 0.15) is 0 Å². The Hall–Kier alpha value is -0.690. The number of hydrogen-bond donors (Lipinski definition) is 2. The molecule has 21 heavy (non-hydrogen) atoms. The van der Waals surface area contributed by atoms with Crippen LogP contribution in [-0.2, 0) is 14.3 Å². The summed E-state index contributed by atoms with van der Waals surface area (Å²) in [5, 5.41) is 22.0. The van der Waals surface area contributed by atoms with E-state index in [9.17, 15) is 15.1 Å². The van der Waals surface area contributed by atoms with Gasteiger partial charge >= 0.3 is 5.97 Å². The molecule has 0 amide bonds. The third kappa shape index (κ3) is 2.38. The zero-order valence-electron chi connectivity index (χ0n) is 13.0. The number of carboxylic acid groups (broad SMARTS) is 1. The minimum atomic E-state index is -0.985. The van der Waals surface area contributed by atoms with Crippen molar-refractivity contribution in [2.24, 2.45) is 5.41 Å². The van der Waals surface area contributed by atoms with Crippen LogP contribution in [0.5, 0.6) is 0 Å². The molecule has 0 aliphatic carbocycles. The number of ether oxygens (including phenoxy) is 2. The van der Waals surface area contributed by atoms with Gasteiger partial charge in [-0.1, -0.05) is 0 Å². The van der Waals surface area contributed by atoms with Gasteiger partial charge in [-0.15, -0.1) is 0 Å². The molecule has 120 valence electrons. The third-order valence-electron chi connectivity index (χ3n) is 5.55. The second-order valence-corrected chi connectivity index (χ2v) is 7.62. The molecule has 3 fully saturated rings. The molecule has 3 saturated heterocycles. The number of hydrogen-bond acceptors (Lipinski definition) is 5. The SMILES string of the molecule is CC1(C)CC(CC2CO2)(C(=O)O)C(C)(CCC2CO2)N1O. The van der Waals surface area contributed by atoms with Crippen molar-refractivity contribution < 1.29 is 24.6 Å². The van der Waals surface area contributed by atoms with Crippen LogP contribution < -0.4 is 0 Å². The maximum Gasteiger partial charge on any atom is 0.311 e. The molecule has 0 spiro atoms. The van der Waals surface area contributed by atoms with E-state index in [0.29, 0.717) is 25.9 Å². The van der Waals surface area contributed by atoms with Crippen LogP contribution in [0.2, 0.25) is 0 Å². The van der Waals surface area contributed by atoms with Gasteiger partial charge in [-0.2, -0.15) is 5.06 Å². The average Bonchev–Trinajstić information content (AvgIpc) is 3.26. The van der Waals surface area contributed by atoms with Gasteiger partial charge < -0.3 is 19.8 Å². The zero-order valence-corrected chi connectivity index (χ0v) is 13.0. The maximum absolute atomic E-state index is 12.2. The number of epoxide rings is 2. The summed E-state index contributed by atoms with van der Waals surface area (Å²) < 4.78 is 10.5. The predicted molar refractivity (Wildman–Crippen MR) is 74.1 cm³/mol. The molecule has 2 N–H and O–H groups in total. The first kappa shape index (κ1) is 15.2. The standard InChI is InChI=1S/C15H25NO5/c1-13(2)9-15(12(17)18,6-11-8-21-11)14(3,16(13)19)5-4-10-7-20-10/h10-11,19H,4-9H2,1-3H3,(H,17,18). The van der Waals surface area contributed by atoms with Crippen LogP contribution in [0.3, 0.4) is 0 Å². The number of rotatable bonds is 6. The molecule has 0 saturated carbocycles. The molecule has 3 aliphatic rings. The van der Waals surface area contributed by atoms with Gasteiger partial charge in [-0.25, -0.2) is 0 Å². The number of carboxylic acids is 1. The van der Waals surface area contributed by atoms with E-state index >= 15 is 0 Å². The lowest BCUT2D eigenvalue weighted by Gasteiger charge is -2.43. The first-order chi connectivity index (χ1) is 9.71. The van der Waals surface area contributed by atoms with Crippen molar-refractivity contribution in [3.63, 3.8) is 0 Å². The van der Waals surface area contributed by atoms with E-state index in [1.807, 2.05) is 20.8 Å². The highest BCUT2D eigenvalue weighted by molar-refractivity contribution is 5.77. The van der Waals surface area contributed by atoms with E-state index in [1.54, 1.807) is 0 Å². The van der Waals surface area contributed by atoms with Crippen molar-refractivity contribution in [2.75, 3.05) is 13.2 Å². The molecule has 4 unspecified atom stereocenters. The van der Waals surface area contributed by atoms with E-state index in [1.165, 1.54) is 5.06 Å². The van der Waals surface area contributed by atoms with Crippen molar-refractivity contribution in [3.8, 4) is 0 Å². The summed E-state index contributed by atoms with van der Waals surface area (Å²) in [5.74, 6) is -0.832. The van der Waals surface area contributed by atoms with E-state index in [0.717, 1.165) is 13.0 Å². The highest BCUT2D eigenvalue weighted by Gasteiger charge is 2.68. The molecule has 0 aromatic heterocycles. The quantitative estimate of drug-likeness (QED) is 0.725. The van der Waals surface area contributed by atoms with Gasteiger partial charge in [0.25, 0.3) is 0 Å². The maximum atomic E-state index is 12.2. The highest BCUT2D eigenvalue weighted by atomic mass is 16.6. The van der Waals surface area contributed by atoms with E-state index in [2.05, 4.69) is 0 Å². The number of hydroxylamine groups is 2. The fourth-order valence-corrected chi connectivity index (χ4v) is 4.16. The molecule has 6 nitrogen and oxygen atoms in total. The fraction of sp³-hybridized carbons (Fsp3) is 0.933. The van der Waals surface area contributed by atoms with Gasteiger partial charge in [0.05, 0.1) is 36.4 Å². The lowest BCUT2D eigenvalue weighted by atomic mass is 9.65. The Labute approximate surface area is 125 Å². The summed E-state index contributed by atoms with van der Waals surface area (Å²) >= 11 is 0. The van der Waals surface area contributed by atoms with Crippen LogP contribution >= 0.6 is 0 Å². The Morgan fingerprint density at radius 2 is 1.81 bits per heavy atom. The zero-order chi connectivity index (χ0) is 15.5. The molecular weight excluding hydrogens is 274 g/mol. The Bertz CT molecular complexity index is 445. The molecule has 3 heterocycles. The van der Waals surface area contributed by atoms with Crippen molar-refractivity contribution >= 4 is 5.97 Å². The Kier molecular flexibility index (Phi) is 3.37. The van der Waals surface area contributed by atoms with Crippen LogP contribution in [0.4, 0.5) is 0 Å². The molecule has 3 rings (SSSR count). The Balaban J connectivity index is 1.93. The van der Waals surface area contributed by atoms with Crippen molar-refractivity contribution in [1.82, 2.24) is 5.06 Å². The number of nitrogens with zero attached hydrogens (tertiary/aromatic N) is 1. The van der Waals surface area contributed by atoms with Gasteiger partial charge in [0.2, 0.25) is 0 Å². The van der Waals surface area contributed by atoms with E-state index < -0.39 is 22.5 Å². The Morgan fingerprint density at radius 1 is 1.24 bits per heavy atom. The topological polar surface area (TPSA) is 85.8 Å². The average molecular weight is 299 g/mol. The minimum Gasteiger partial charge on any atom is -0.481 e. The van der Waals surface area contributed by atoms with Crippen LogP contribution in [-0.4, -0.2) is 57.8 Å². The number of aliphatic carboxylic acids is 1. The summed E-state index contributed by atoms with van der Waals surface area (Å²) in [4.78, 5) is 12.2. The summed E-state index contributed by atoms with van der Waals surface area (Å²) in [6, 6.07) is 0. The molecule has 3 aliphatic heterocycles. The smallest absolute Gasteiger partial charge is 0.311 e. The summed E-state index contributed by atoms with van der Waals surface area (Å²) in [6.45, 7) is 7.05. The number of carbonyl (C=O) groups is 1. The molecule has 0 aromatic carbocycles. The van der Waals surface area contributed by atoms with Gasteiger partial charge in [-0.05, 0) is 46.5 Å². The van der Waals surface area contributed by atoms with E-state index in [4.69, 9.17) is 9.47 Å². The molecule has 0 bridgehead atoms. The van der Waals surface area contributed by atoms with Crippen LogP contribution in [0.25, 0.3) is 0 Å². The highest BCUT2D eigenvalue weighted by Crippen LogP contribution is 2.58. The molecule has 0 radical (unpaired) electrons. The van der Waals surface area contributed by atoms with Crippen LogP contribution in [0.1, 0.15) is 46.5 Å². The second-order valence-electron chi connectivity index (χ2n) is 7.62. The minimum absolute atomic E-state index is 0.0138. The summed E-state index contributed by atoms with van der Waals surface area (Å²) in [6.07, 6.45) is 2.52. The van der Waals surface area contributed by atoms with Gasteiger partial charge in [0.15, 0.2) is 0 Å². The monoisotopic (exact) mass is 299 g/mol. The van der Waals surface area contributed by atoms with Crippen molar-refractivity contribution in [2.45, 2.75) is 69.7 Å². The first-order valence-corrected chi connectivity index (χ1v) is 7.67. The fourth-order valence-electron chi connectivity index (χ4n) is 4.16. The summed E-state index contributed by atoms with van der Waals surface area (Å²) in [5.41, 5.74) is -2.35. The third-order valence-corrected chi connectivity index (χ3v) is 5.55. The lowest BCUT2D eigenvalue weighted by molar-refractivity contribution is -0.218. The molecular formula is C15H25NO5. The normalized spacial score (nSPS) is 44.8. The van der Waals surface area contributed by atoms with Crippen LogP contribution in [0.15, 0.2) is 0 Å². The van der Waals surface area contributed by atoms with Gasteiger partial charge in [0, 0.05) is 5.54 Å². The molecule has 4 atom stereocenters. The lowest BCUT2D eigenvalue weighted by Crippen LogP contribution is -2.56. The molecule has 6 heteroatoms. The van der Waals surface area contributed by atoms with Crippen molar-refractivity contribution in [3.05, 3.63) is 0 Å². The Morgan fingerprint density at radius 3 is 2.29 bits per heavy atom. The second kappa shape index (κ2) is 4.65. The predicted octanol–water partition coefficient (Wildman–Crippen LogP) is 1.66. The first-order valence-electron chi connectivity index (χ1n) is 7.67. The van der Waals surface area contributed by atoms with Crippen LogP contribution in [0, 0.1) is 5.41 Å².